The molecule has 0 spiro atoms. The summed E-state index contributed by atoms with van der Waals surface area (Å²) in [5, 5.41) is 4.26. The number of rotatable bonds is 5. The Hall–Kier alpha value is -1.46. The molecule has 1 saturated heterocycles. The molecular weight excluding hydrogens is 310 g/mol. The highest BCUT2D eigenvalue weighted by Crippen LogP contribution is 2.20. The van der Waals surface area contributed by atoms with Crippen molar-refractivity contribution in [2.45, 2.75) is 6.92 Å². The van der Waals surface area contributed by atoms with Gasteiger partial charge in [-0.05, 0) is 31.8 Å². The molecule has 0 unspecified atom stereocenters. The second-order valence-electron chi connectivity index (χ2n) is 5.82. The molecule has 2 rings (SSSR count). The lowest BCUT2D eigenvalue weighted by molar-refractivity contribution is 0.344. The predicted molar refractivity (Wildman–Crippen MR) is 99.8 cm³/mol. The van der Waals surface area contributed by atoms with Crippen molar-refractivity contribution in [1.82, 2.24) is 15.1 Å². The van der Waals surface area contributed by atoms with Crippen LogP contribution in [-0.2, 0) is 0 Å². The number of benzene rings is 1. The molecule has 1 fully saturated rings. The van der Waals surface area contributed by atoms with E-state index >= 15 is 0 Å². The Morgan fingerprint density at radius 3 is 2.65 bits per heavy atom. The Balaban J connectivity index is 1.82. The van der Waals surface area contributed by atoms with Crippen molar-refractivity contribution in [3.05, 3.63) is 29.3 Å². The normalized spacial score (nSPS) is 16.1. The van der Waals surface area contributed by atoms with Crippen LogP contribution in [0.3, 0.4) is 0 Å². The number of hydrogen-bond acceptors (Lipinski definition) is 3. The number of piperazine rings is 1. The lowest BCUT2D eigenvalue weighted by Gasteiger charge is -2.37. The van der Waals surface area contributed by atoms with Crippen LogP contribution in [0.15, 0.2) is 29.3 Å². The van der Waals surface area contributed by atoms with E-state index in [1.165, 1.54) is 5.69 Å². The lowest BCUT2D eigenvalue weighted by atomic mass is 10.2. The van der Waals surface area contributed by atoms with Crippen LogP contribution < -0.4 is 10.2 Å². The van der Waals surface area contributed by atoms with Crippen molar-refractivity contribution in [3.63, 3.8) is 0 Å². The Bertz CT molecular complexity index is 511. The first-order valence-electron chi connectivity index (χ1n) is 8.28. The third-order valence-corrected chi connectivity index (χ3v) is 4.52. The second-order valence-corrected chi connectivity index (χ2v) is 6.26. The van der Waals surface area contributed by atoms with Crippen molar-refractivity contribution in [2.24, 2.45) is 4.99 Å². The average Bonchev–Trinajstić information content (AvgIpc) is 2.59. The highest BCUT2D eigenvalue weighted by Gasteiger charge is 2.19. The molecule has 1 aliphatic heterocycles. The van der Waals surface area contributed by atoms with E-state index in [0.29, 0.717) is 0 Å². The SMILES string of the molecule is CCN(C)CCNC(=NC)N1CCN(c2cccc(Cl)c2)CC1. The van der Waals surface area contributed by atoms with Gasteiger partial charge in [-0.25, -0.2) is 0 Å². The summed E-state index contributed by atoms with van der Waals surface area (Å²) in [6.45, 7) is 9.09. The zero-order valence-corrected chi connectivity index (χ0v) is 15.2. The molecule has 0 saturated carbocycles. The van der Waals surface area contributed by atoms with Crippen molar-refractivity contribution < 1.29 is 0 Å². The monoisotopic (exact) mass is 337 g/mol. The Kier molecular flexibility index (Phi) is 6.99. The van der Waals surface area contributed by atoms with Crippen LogP contribution >= 0.6 is 11.6 Å². The highest BCUT2D eigenvalue weighted by molar-refractivity contribution is 6.30. The van der Waals surface area contributed by atoms with Gasteiger partial charge < -0.3 is 20.0 Å². The quantitative estimate of drug-likeness (QED) is 0.658. The maximum absolute atomic E-state index is 6.09. The summed E-state index contributed by atoms with van der Waals surface area (Å²) in [7, 11) is 3.99. The summed E-state index contributed by atoms with van der Waals surface area (Å²) in [4.78, 5) is 11.4. The summed E-state index contributed by atoms with van der Waals surface area (Å²) in [6.07, 6.45) is 0. The molecule has 0 atom stereocenters. The molecule has 1 aliphatic rings. The predicted octanol–water partition coefficient (Wildman–Crippen LogP) is 1.99. The third-order valence-electron chi connectivity index (χ3n) is 4.28. The molecule has 0 bridgehead atoms. The van der Waals surface area contributed by atoms with Crippen LogP contribution in [0.1, 0.15) is 6.92 Å². The molecule has 1 aromatic carbocycles. The van der Waals surface area contributed by atoms with Gasteiger partial charge in [-0.2, -0.15) is 0 Å². The first-order chi connectivity index (χ1) is 11.1. The van der Waals surface area contributed by atoms with Crippen LogP contribution in [0.2, 0.25) is 5.02 Å². The van der Waals surface area contributed by atoms with Gasteiger partial charge in [0.2, 0.25) is 0 Å². The Morgan fingerprint density at radius 1 is 1.30 bits per heavy atom. The van der Waals surface area contributed by atoms with Gasteiger partial charge in [0.25, 0.3) is 0 Å². The topological polar surface area (TPSA) is 34.1 Å². The van der Waals surface area contributed by atoms with Crippen LogP contribution in [0.25, 0.3) is 0 Å². The van der Waals surface area contributed by atoms with E-state index in [0.717, 1.165) is 56.8 Å². The number of anilines is 1. The third kappa shape index (κ3) is 5.29. The molecule has 0 aromatic heterocycles. The van der Waals surface area contributed by atoms with Gasteiger partial charge in [0.15, 0.2) is 5.96 Å². The van der Waals surface area contributed by atoms with Gasteiger partial charge in [0.05, 0.1) is 0 Å². The highest BCUT2D eigenvalue weighted by atomic mass is 35.5. The van der Waals surface area contributed by atoms with Gasteiger partial charge in [-0.3, -0.25) is 4.99 Å². The minimum Gasteiger partial charge on any atom is -0.368 e. The molecule has 5 nitrogen and oxygen atoms in total. The van der Waals surface area contributed by atoms with E-state index in [4.69, 9.17) is 11.6 Å². The number of nitrogens with one attached hydrogen (secondary N) is 1. The number of likely N-dealkylation sites (N-methyl/N-ethyl adjacent to an activating group) is 1. The van der Waals surface area contributed by atoms with Crippen molar-refractivity contribution in [3.8, 4) is 0 Å². The summed E-state index contributed by atoms with van der Waals surface area (Å²) >= 11 is 6.09. The first-order valence-corrected chi connectivity index (χ1v) is 8.66. The van der Waals surface area contributed by atoms with Crippen molar-refractivity contribution in [1.29, 1.82) is 0 Å². The Morgan fingerprint density at radius 2 is 2.04 bits per heavy atom. The van der Waals surface area contributed by atoms with Crippen LogP contribution in [0, 0.1) is 0 Å². The minimum absolute atomic E-state index is 0.794. The van der Waals surface area contributed by atoms with Crippen LogP contribution in [0.5, 0.6) is 0 Å². The molecule has 0 amide bonds. The van der Waals surface area contributed by atoms with Crippen LogP contribution in [0.4, 0.5) is 5.69 Å². The fourth-order valence-electron chi connectivity index (χ4n) is 2.70. The molecule has 6 heteroatoms. The summed E-state index contributed by atoms with van der Waals surface area (Å²) in [5.74, 6) is 1.00. The van der Waals surface area contributed by atoms with Crippen LogP contribution in [-0.4, -0.2) is 75.7 Å². The van der Waals surface area contributed by atoms with E-state index in [1.54, 1.807) is 0 Å². The van der Waals surface area contributed by atoms with E-state index in [9.17, 15) is 0 Å². The zero-order chi connectivity index (χ0) is 16.7. The molecule has 0 aliphatic carbocycles. The maximum Gasteiger partial charge on any atom is 0.193 e. The van der Waals surface area contributed by atoms with Gasteiger partial charge in [-0.15, -0.1) is 0 Å². The van der Waals surface area contributed by atoms with Gasteiger partial charge >= 0.3 is 0 Å². The molecule has 1 heterocycles. The second kappa shape index (κ2) is 8.99. The lowest BCUT2D eigenvalue weighted by Crippen LogP contribution is -2.53. The largest absolute Gasteiger partial charge is 0.368 e. The number of aliphatic imine (C=N–C) groups is 1. The molecular formula is C17H28ClN5. The molecule has 23 heavy (non-hydrogen) atoms. The van der Waals surface area contributed by atoms with E-state index in [1.807, 2.05) is 25.2 Å². The van der Waals surface area contributed by atoms with Crippen molar-refractivity contribution in [2.75, 3.05) is 64.8 Å². The summed E-state index contributed by atoms with van der Waals surface area (Å²) < 4.78 is 0. The van der Waals surface area contributed by atoms with Gasteiger partial charge in [0, 0.05) is 57.0 Å². The fraction of sp³-hybridized carbons (Fsp3) is 0.588. The zero-order valence-electron chi connectivity index (χ0n) is 14.4. The van der Waals surface area contributed by atoms with E-state index < -0.39 is 0 Å². The minimum atomic E-state index is 0.794. The van der Waals surface area contributed by atoms with E-state index in [2.05, 4.69) is 45.0 Å². The fourth-order valence-corrected chi connectivity index (χ4v) is 2.88. The van der Waals surface area contributed by atoms with E-state index in [-0.39, 0.29) is 0 Å². The number of guanidine groups is 1. The molecule has 1 aromatic rings. The first kappa shape index (κ1) is 17.9. The average molecular weight is 338 g/mol. The summed E-state index contributed by atoms with van der Waals surface area (Å²) in [5.41, 5.74) is 1.20. The van der Waals surface area contributed by atoms with Crippen molar-refractivity contribution >= 4 is 23.2 Å². The number of nitrogens with zero attached hydrogens (tertiary/aromatic N) is 4. The number of halogens is 1. The maximum atomic E-state index is 6.09. The Labute approximate surface area is 144 Å². The van der Waals surface area contributed by atoms with Gasteiger partial charge in [0.1, 0.15) is 0 Å². The standard InChI is InChI=1S/C17H28ClN5/c1-4-21(3)9-8-20-17(19-2)23-12-10-22(11-13-23)16-7-5-6-15(18)14-16/h5-7,14H,4,8-13H2,1-3H3,(H,19,20). The molecule has 1 N–H and O–H groups in total. The van der Waals surface area contributed by atoms with Gasteiger partial charge in [-0.1, -0.05) is 24.6 Å². The smallest absolute Gasteiger partial charge is 0.193 e. The number of hydrogen-bond donors (Lipinski definition) is 1. The summed E-state index contributed by atoms with van der Waals surface area (Å²) in [6, 6.07) is 8.08. The molecule has 0 radical (unpaired) electrons. The molecule has 128 valence electrons.